The van der Waals surface area contributed by atoms with E-state index in [0.29, 0.717) is 0 Å². The standard InChI is InChI=1S/C11H17N3O2/c1-7-8(6-13-14(7)2)11(4-5-11)9(12)10(15)16-3/h6,9H,4-5,12H2,1-3H3. The summed E-state index contributed by atoms with van der Waals surface area (Å²) in [6, 6.07) is -0.583. The molecule has 0 spiro atoms. The summed E-state index contributed by atoms with van der Waals surface area (Å²) in [5, 5.41) is 4.20. The maximum absolute atomic E-state index is 11.5. The Kier molecular flexibility index (Phi) is 2.50. The Hall–Kier alpha value is -1.36. The topological polar surface area (TPSA) is 70.1 Å². The summed E-state index contributed by atoms with van der Waals surface area (Å²) in [4.78, 5) is 11.5. The van der Waals surface area contributed by atoms with E-state index >= 15 is 0 Å². The third-order valence-corrected chi connectivity index (χ3v) is 3.61. The number of ether oxygens (including phenoxy) is 1. The van der Waals surface area contributed by atoms with E-state index in [0.717, 1.165) is 24.1 Å². The van der Waals surface area contributed by atoms with Gasteiger partial charge >= 0.3 is 5.97 Å². The van der Waals surface area contributed by atoms with Crippen LogP contribution in [-0.2, 0) is 22.0 Å². The van der Waals surface area contributed by atoms with Gasteiger partial charge in [0.1, 0.15) is 6.04 Å². The van der Waals surface area contributed by atoms with Crippen LogP contribution in [0.5, 0.6) is 0 Å². The first-order chi connectivity index (χ1) is 7.53. The number of aryl methyl sites for hydroxylation is 1. The number of nitrogens with two attached hydrogens (primary N) is 1. The van der Waals surface area contributed by atoms with Crippen LogP contribution >= 0.6 is 0 Å². The number of esters is 1. The molecule has 5 heteroatoms. The molecule has 1 aromatic heterocycles. The summed E-state index contributed by atoms with van der Waals surface area (Å²) in [7, 11) is 3.26. The molecule has 1 fully saturated rings. The van der Waals surface area contributed by atoms with Gasteiger partial charge in [0.05, 0.1) is 13.3 Å². The number of carbonyl (C=O) groups is 1. The van der Waals surface area contributed by atoms with Crippen LogP contribution in [0.2, 0.25) is 0 Å². The lowest BCUT2D eigenvalue weighted by Gasteiger charge is -2.20. The molecule has 1 aromatic rings. The fourth-order valence-corrected chi connectivity index (χ4v) is 2.22. The number of carbonyl (C=O) groups excluding carboxylic acids is 1. The molecule has 0 saturated heterocycles. The first kappa shape index (κ1) is 11.1. The SMILES string of the molecule is COC(=O)C(N)C1(c2cnn(C)c2C)CC1. The van der Waals surface area contributed by atoms with E-state index in [1.807, 2.05) is 20.2 Å². The number of nitrogens with zero attached hydrogens (tertiary/aromatic N) is 2. The van der Waals surface area contributed by atoms with Crippen molar-refractivity contribution in [2.24, 2.45) is 12.8 Å². The van der Waals surface area contributed by atoms with E-state index in [1.54, 1.807) is 4.68 Å². The maximum Gasteiger partial charge on any atom is 0.323 e. The van der Waals surface area contributed by atoms with Crippen LogP contribution in [0.3, 0.4) is 0 Å². The summed E-state index contributed by atoms with van der Waals surface area (Å²) in [6.45, 7) is 1.99. The molecular formula is C11H17N3O2. The van der Waals surface area contributed by atoms with E-state index in [4.69, 9.17) is 10.5 Å². The van der Waals surface area contributed by atoms with Crippen LogP contribution < -0.4 is 5.73 Å². The second-order valence-electron chi connectivity index (χ2n) is 4.42. The lowest BCUT2D eigenvalue weighted by molar-refractivity contribution is -0.143. The number of hydrogen-bond donors (Lipinski definition) is 1. The van der Waals surface area contributed by atoms with E-state index in [2.05, 4.69) is 5.10 Å². The fraction of sp³-hybridized carbons (Fsp3) is 0.636. The number of aromatic nitrogens is 2. The minimum atomic E-state index is -0.583. The lowest BCUT2D eigenvalue weighted by Crippen LogP contribution is -2.43. The number of hydrogen-bond acceptors (Lipinski definition) is 4. The zero-order valence-corrected chi connectivity index (χ0v) is 9.86. The van der Waals surface area contributed by atoms with Gasteiger partial charge in [-0.15, -0.1) is 0 Å². The molecular weight excluding hydrogens is 206 g/mol. The Labute approximate surface area is 94.6 Å². The predicted molar refractivity (Wildman–Crippen MR) is 58.8 cm³/mol. The van der Waals surface area contributed by atoms with Crippen molar-refractivity contribution >= 4 is 5.97 Å². The molecule has 0 bridgehead atoms. The van der Waals surface area contributed by atoms with Crippen LogP contribution in [0, 0.1) is 6.92 Å². The minimum absolute atomic E-state index is 0.245. The minimum Gasteiger partial charge on any atom is -0.468 e. The normalized spacial score (nSPS) is 19.2. The molecule has 1 heterocycles. The first-order valence-corrected chi connectivity index (χ1v) is 5.35. The highest BCUT2D eigenvalue weighted by Crippen LogP contribution is 2.51. The zero-order valence-electron chi connectivity index (χ0n) is 9.86. The average molecular weight is 223 g/mol. The van der Waals surface area contributed by atoms with Gasteiger partial charge in [0.15, 0.2) is 0 Å². The smallest absolute Gasteiger partial charge is 0.323 e. The summed E-state index contributed by atoms with van der Waals surface area (Å²) in [5.41, 5.74) is 7.87. The number of methoxy groups -OCH3 is 1. The molecule has 0 aliphatic heterocycles. The van der Waals surface area contributed by atoms with Gasteiger partial charge in [-0.3, -0.25) is 9.48 Å². The highest BCUT2D eigenvalue weighted by Gasteiger charge is 2.54. The van der Waals surface area contributed by atoms with E-state index in [-0.39, 0.29) is 11.4 Å². The summed E-state index contributed by atoms with van der Waals surface area (Å²) >= 11 is 0. The molecule has 1 saturated carbocycles. The van der Waals surface area contributed by atoms with Gasteiger partial charge in [0.25, 0.3) is 0 Å². The van der Waals surface area contributed by atoms with Gasteiger partial charge in [-0.25, -0.2) is 0 Å². The van der Waals surface area contributed by atoms with Crippen LogP contribution in [0.15, 0.2) is 6.20 Å². The van der Waals surface area contributed by atoms with Gasteiger partial charge in [-0.05, 0) is 19.8 Å². The molecule has 0 amide bonds. The third kappa shape index (κ3) is 1.43. The van der Waals surface area contributed by atoms with Crippen molar-refractivity contribution in [3.05, 3.63) is 17.5 Å². The monoisotopic (exact) mass is 223 g/mol. The van der Waals surface area contributed by atoms with E-state index in [1.165, 1.54) is 7.11 Å². The van der Waals surface area contributed by atoms with Crippen molar-refractivity contribution in [2.75, 3.05) is 7.11 Å². The quantitative estimate of drug-likeness (QED) is 0.746. The van der Waals surface area contributed by atoms with Crippen LogP contribution in [0.25, 0.3) is 0 Å². The van der Waals surface area contributed by atoms with Gasteiger partial charge in [0, 0.05) is 23.7 Å². The molecule has 16 heavy (non-hydrogen) atoms. The summed E-state index contributed by atoms with van der Waals surface area (Å²) in [6.07, 6.45) is 3.66. The van der Waals surface area contributed by atoms with Gasteiger partial charge in [-0.2, -0.15) is 5.10 Å². The molecule has 5 nitrogen and oxygen atoms in total. The van der Waals surface area contributed by atoms with Gasteiger partial charge in [-0.1, -0.05) is 0 Å². The van der Waals surface area contributed by atoms with Crippen molar-refractivity contribution in [1.82, 2.24) is 9.78 Å². The van der Waals surface area contributed by atoms with Crippen LogP contribution in [-0.4, -0.2) is 28.9 Å². The second kappa shape index (κ2) is 3.59. The second-order valence-corrected chi connectivity index (χ2v) is 4.42. The highest BCUT2D eigenvalue weighted by molar-refractivity contribution is 5.79. The molecule has 1 atom stereocenters. The Balaban J connectivity index is 2.33. The van der Waals surface area contributed by atoms with Crippen molar-refractivity contribution in [2.45, 2.75) is 31.2 Å². The average Bonchev–Trinajstić information content (AvgIpc) is 3.02. The molecule has 0 radical (unpaired) electrons. The third-order valence-electron chi connectivity index (χ3n) is 3.61. The van der Waals surface area contributed by atoms with Gasteiger partial charge < -0.3 is 10.5 Å². The Morgan fingerprint density at radius 3 is 2.69 bits per heavy atom. The molecule has 1 aliphatic rings. The van der Waals surface area contributed by atoms with E-state index in [9.17, 15) is 4.79 Å². The molecule has 0 aromatic carbocycles. The van der Waals surface area contributed by atoms with Crippen molar-refractivity contribution in [1.29, 1.82) is 0 Å². The fourth-order valence-electron chi connectivity index (χ4n) is 2.22. The largest absolute Gasteiger partial charge is 0.468 e. The highest BCUT2D eigenvalue weighted by atomic mass is 16.5. The van der Waals surface area contributed by atoms with Crippen molar-refractivity contribution in [3.63, 3.8) is 0 Å². The Bertz CT molecular complexity index is 421. The molecule has 88 valence electrons. The summed E-state index contributed by atoms with van der Waals surface area (Å²) < 4.78 is 6.52. The van der Waals surface area contributed by atoms with Crippen LogP contribution in [0.4, 0.5) is 0 Å². The van der Waals surface area contributed by atoms with Crippen molar-refractivity contribution in [3.8, 4) is 0 Å². The van der Waals surface area contributed by atoms with Gasteiger partial charge in [0.2, 0.25) is 0 Å². The lowest BCUT2D eigenvalue weighted by atomic mass is 9.89. The van der Waals surface area contributed by atoms with E-state index < -0.39 is 6.04 Å². The molecule has 1 unspecified atom stereocenters. The van der Waals surface area contributed by atoms with Crippen molar-refractivity contribution < 1.29 is 9.53 Å². The molecule has 2 rings (SSSR count). The first-order valence-electron chi connectivity index (χ1n) is 5.35. The number of rotatable bonds is 3. The molecule has 2 N–H and O–H groups in total. The molecule has 1 aliphatic carbocycles. The summed E-state index contributed by atoms with van der Waals surface area (Å²) in [5.74, 6) is -0.347. The Morgan fingerprint density at radius 1 is 1.69 bits per heavy atom. The zero-order chi connectivity index (χ0) is 11.9. The van der Waals surface area contributed by atoms with Crippen LogP contribution in [0.1, 0.15) is 24.1 Å². The predicted octanol–water partition coefficient (Wildman–Crippen LogP) is 0.260. The maximum atomic E-state index is 11.5. The Morgan fingerprint density at radius 2 is 2.31 bits per heavy atom.